The molecule has 8 nitrogen and oxygen atoms in total. The first-order valence-electron chi connectivity index (χ1n) is 9.62. The van der Waals surface area contributed by atoms with Crippen molar-refractivity contribution in [2.45, 2.75) is 39.3 Å². The number of para-hydroxylation sites is 1. The molecule has 0 fully saturated rings. The number of nitrogen functional groups attached to an aromatic ring is 1. The van der Waals surface area contributed by atoms with Crippen LogP contribution < -0.4 is 21.7 Å². The van der Waals surface area contributed by atoms with Crippen LogP contribution in [0, 0.1) is 0 Å². The van der Waals surface area contributed by atoms with Gasteiger partial charge in [0.2, 0.25) is 5.91 Å². The van der Waals surface area contributed by atoms with E-state index >= 15 is 0 Å². The third-order valence-corrected chi connectivity index (χ3v) is 3.93. The van der Waals surface area contributed by atoms with Gasteiger partial charge in [0.15, 0.2) is 0 Å². The highest BCUT2D eigenvalue weighted by Gasteiger charge is 2.16. The molecular weight excluding hydrogens is 384 g/mol. The van der Waals surface area contributed by atoms with Gasteiger partial charge in [-0.1, -0.05) is 18.2 Å². The van der Waals surface area contributed by atoms with E-state index < -0.39 is 11.7 Å². The Balaban J connectivity index is 1.84. The fraction of sp³-hybridized carbons (Fsp3) is 0.318. The number of alkyl carbamates (subject to hydrolysis) is 1. The Labute approximate surface area is 176 Å². The van der Waals surface area contributed by atoms with Gasteiger partial charge in [0, 0.05) is 36.4 Å². The van der Waals surface area contributed by atoms with Crippen LogP contribution in [-0.4, -0.2) is 30.1 Å². The van der Waals surface area contributed by atoms with E-state index in [9.17, 15) is 14.4 Å². The molecule has 0 bridgehead atoms. The molecule has 0 aliphatic carbocycles. The topological polar surface area (TPSA) is 123 Å². The summed E-state index contributed by atoms with van der Waals surface area (Å²) < 4.78 is 5.12. The minimum Gasteiger partial charge on any atom is -0.444 e. The first-order valence-corrected chi connectivity index (χ1v) is 9.62. The Hall–Kier alpha value is -3.55. The fourth-order valence-electron chi connectivity index (χ4n) is 2.50. The zero-order chi connectivity index (χ0) is 22.1. The Bertz CT molecular complexity index is 889. The van der Waals surface area contributed by atoms with Crippen molar-refractivity contribution in [3.63, 3.8) is 0 Å². The van der Waals surface area contributed by atoms with Crippen LogP contribution in [0.4, 0.5) is 16.2 Å². The monoisotopic (exact) mass is 412 g/mol. The second-order valence-electron chi connectivity index (χ2n) is 7.69. The van der Waals surface area contributed by atoms with Crippen molar-refractivity contribution in [1.29, 1.82) is 0 Å². The average Bonchev–Trinajstić information content (AvgIpc) is 2.66. The maximum atomic E-state index is 12.4. The van der Waals surface area contributed by atoms with Crippen molar-refractivity contribution in [2.24, 2.45) is 0 Å². The van der Waals surface area contributed by atoms with E-state index in [4.69, 9.17) is 10.5 Å². The largest absolute Gasteiger partial charge is 0.444 e. The number of carbonyl (C=O) groups excluding carboxylic acids is 3. The zero-order valence-corrected chi connectivity index (χ0v) is 17.5. The summed E-state index contributed by atoms with van der Waals surface area (Å²) in [7, 11) is 0. The molecule has 5 N–H and O–H groups in total. The van der Waals surface area contributed by atoms with Crippen LogP contribution in [0.2, 0.25) is 0 Å². The lowest BCUT2D eigenvalue weighted by molar-refractivity contribution is -0.121. The highest BCUT2D eigenvalue weighted by Crippen LogP contribution is 2.17. The summed E-state index contributed by atoms with van der Waals surface area (Å²) >= 11 is 0. The predicted octanol–water partition coefficient (Wildman–Crippen LogP) is 3.05. The van der Waals surface area contributed by atoms with Crippen molar-refractivity contribution in [2.75, 3.05) is 17.6 Å². The lowest BCUT2D eigenvalue weighted by Crippen LogP contribution is -2.35. The number of hydrogen-bond donors (Lipinski definition) is 4. The molecule has 0 atom stereocenters. The van der Waals surface area contributed by atoms with Crippen LogP contribution in [0.5, 0.6) is 0 Å². The summed E-state index contributed by atoms with van der Waals surface area (Å²) in [6.07, 6.45) is -0.454. The van der Waals surface area contributed by atoms with Crippen LogP contribution in [0.1, 0.15) is 43.1 Å². The Kier molecular flexibility index (Phi) is 7.80. The minimum absolute atomic E-state index is 0.110. The van der Waals surface area contributed by atoms with Gasteiger partial charge in [-0.15, -0.1) is 0 Å². The first-order chi connectivity index (χ1) is 14.1. The third-order valence-electron chi connectivity index (χ3n) is 3.93. The van der Waals surface area contributed by atoms with Gasteiger partial charge in [-0.2, -0.15) is 0 Å². The molecule has 0 saturated carbocycles. The second kappa shape index (κ2) is 10.3. The van der Waals surface area contributed by atoms with Gasteiger partial charge >= 0.3 is 6.09 Å². The summed E-state index contributed by atoms with van der Waals surface area (Å²) in [6.45, 7) is 5.70. The van der Waals surface area contributed by atoms with Crippen molar-refractivity contribution in [3.8, 4) is 0 Å². The van der Waals surface area contributed by atoms with Gasteiger partial charge in [-0.25, -0.2) is 4.79 Å². The van der Waals surface area contributed by atoms with Gasteiger partial charge in [0.25, 0.3) is 5.91 Å². The highest BCUT2D eigenvalue weighted by molar-refractivity contribution is 6.04. The SMILES string of the molecule is CC(C)(C)OC(=O)NCCC(=O)NCc1ccccc1NC(=O)c1ccc(N)cc1. The molecule has 3 amide bonds. The zero-order valence-electron chi connectivity index (χ0n) is 17.5. The van der Waals surface area contributed by atoms with Crippen molar-refractivity contribution in [1.82, 2.24) is 10.6 Å². The van der Waals surface area contributed by atoms with Crippen LogP contribution in [0.15, 0.2) is 48.5 Å². The van der Waals surface area contributed by atoms with Crippen molar-refractivity contribution in [3.05, 3.63) is 59.7 Å². The molecule has 2 rings (SSSR count). The molecule has 0 aliphatic rings. The fourth-order valence-corrected chi connectivity index (χ4v) is 2.50. The summed E-state index contributed by atoms with van der Waals surface area (Å²) in [5.41, 5.74) is 7.48. The van der Waals surface area contributed by atoms with E-state index in [-0.39, 0.29) is 31.3 Å². The van der Waals surface area contributed by atoms with E-state index in [2.05, 4.69) is 16.0 Å². The van der Waals surface area contributed by atoms with Crippen LogP contribution in [-0.2, 0) is 16.1 Å². The lowest BCUT2D eigenvalue weighted by Gasteiger charge is -2.19. The normalized spacial score (nSPS) is 10.8. The number of ether oxygens (including phenoxy) is 1. The maximum absolute atomic E-state index is 12.4. The van der Waals surface area contributed by atoms with Gasteiger partial charge in [-0.3, -0.25) is 9.59 Å². The molecule has 0 aliphatic heterocycles. The van der Waals surface area contributed by atoms with E-state index in [0.717, 1.165) is 5.56 Å². The quantitative estimate of drug-likeness (QED) is 0.521. The Morgan fingerprint density at radius 3 is 2.30 bits per heavy atom. The molecule has 0 radical (unpaired) electrons. The average molecular weight is 412 g/mol. The van der Waals surface area contributed by atoms with Gasteiger partial charge in [0.1, 0.15) is 5.60 Å². The molecule has 30 heavy (non-hydrogen) atoms. The molecule has 0 spiro atoms. The predicted molar refractivity (Wildman–Crippen MR) is 116 cm³/mol. The first kappa shape index (κ1) is 22.7. The maximum Gasteiger partial charge on any atom is 0.407 e. The summed E-state index contributed by atoms with van der Waals surface area (Å²) in [6, 6.07) is 13.8. The molecule has 2 aromatic rings. The molecule has 0 unspecified atom stereocenters. The van der Waals surface area contributed by atoms with Crippen LogP contribution >= 0.6 is 0 Å². The molecule has 0 aromatic heterocycles. The van der Waals surface area contributed by atoms with Crippen molar-refractivity contribution < 1.29 is 19.1 Å². The minimum atomic E-state index is -0.590. The van der Waals surface area contributed by atoms with Gasteiger partial charge < -0.3 is 26.4 Å². The highest BCUT2D eigenvalue weighted by atomic mass is 16.6. The Morgan fingerprint density at radius 2 is 1.63 bits per heavy atom. The van der Waals surface area contributed by atoms with E-state index in [1.807, 2.05) is 12.1 Å². The molecule has 2 aromatic carbocycles. The number of benzene rings is 2. The van der Waals surface area contributed by atoms with Crippen LogP contribution in [0.3, 0.4) is 0 Å². The van der Waals surface area contributed by atoms with Gasteiger partial charge in [0.05, 0.1) is 0 Å². The number of nitrogens with two attached hydrogens (primary N) is 1. The molecule has 8 heteroatoms. The Morgan fingerprint density at radius 1 is 0.967 bits per heavy atom. The van der Waals surface area contributed by atoms with Crippen molar-refractivity contribution >= 4 is 29.3 Å². The molecular formula is C22H28N4O4. The second-order valence-corrected chi connectivity index (χ2v) is 7.69. The standard InChI is InChI=1S/C22H28N4O4/c1-22(2,3)30-21(29)24-13-12-19(27)25-14-16-6-4-5-7-18(16)26-20(28)15-8-10-17(23)11-9-15/h4-11H,12-14,23H2,1-3H3,(H,24,29)(H,25,27)(H,26,28). The third kappa shape index (κ3) is 7.83. The van der Waals surface area contributed by atoms with Crippen LogP contribution in [0.25, 0.3) is 0 Å². The van der Waals surface area contributed by atoms with E-state index in [1.54, 1.807) is 57.2 Å². The summed E-state index contributed by atoms with van der Waals surface area (Å²) in [5, 5.41) is 8.17. The molecule has 0 saturated heterocycles. The number of hydrogen-bond acceptors (Lipinski definition) is 5. The van der Waals surface area contributed by atoms with Gasteiger partial charge in [-0.05, 0) is 56.7 Å². The summed E-state index contributed by atoms with van der Waals surface area (Å²) in [5.74, 6) is -0.499. The molecule has 0 heterocycles. The number of amides is 3. The number of anilines is 2. The number of carbonyl (C=O) groups is 3. The number of rotatable bonds is 7. The smallest absolute Gasteiger partial charge is 0.407 e. The van der Waals surface area contributed by atoms with E-state index in [0.29, 0.717) is 16.9 Å². The lowest BCUT2D eigenvalue weighted by atomic mass is 10.1. The summed E-state index contributed by atoms with van der Waals surface area (Å²) in [4.78, 5) is 36.1. The number of nitrogens with one attached hydrogen (secondary N) is 3. The molecule has 160 valence electrons. The van der Waals surface area contributed by atoms with E-state index in [1.165, 1.54) is 0 Å².